The predicted molar refractivity (Wildman–Crippen MR) is 211 cm³/mol. The Kier molecular flexibility index (Phi) is 27.5. The fourth-order valence-corrected chi connectivity index (χ4v) is 4.68. The first-order chi connectivity index (χ1) is 22.9. The number of nitrogens with zero attached hydrogens (tertiary/aromatic N) is 3. The Hall–Kier alpha value is -1.71. The number of Topliss-reactive ketones (excluding diaryl/α,β-unsaturated/α-hetero) is 1. The molecule has 2 aromatic rings. The molecule has 0 bridgehead atoms. The summed E-state index contributed by atoms with van der Waals surface area (Å²) in [6.45, 7) is 18.9. The number of amides is 3. The topological polar surface area (TPSA) is 106 Å². The zero-order chi connectivity index (χ0) is 39.0. The van der Waals surface area contributed by atoms with Crippen LogP contribution in [-0.4, -0.2) is 113 Å². The van der Waals surface area contributed by atoms with Crippen LogP contribution in [0.3, 0.4) is 0 Å². The van der Waals surface area contributed by atoms with Crippen molar-refractivity contribution >= 4 is 78.8 Å². The normalized spacial score (nSPS) is 11.9. The molecule has 2 atom stereocenters. The van der Waals surface area contributed by atoms with Gasteiger partial charge < -0.3 is 31.4 Å². The fourth-order valence-electron chi connectivity index (χ4n) is 4.15. The number of ether oxygens (including phenoxy) is 2. The van der Waals surface area contributed by atoms with Crippen molar-refractivity contribution in [2.75, 3.05) is 28.3 Å². The van der Waals surface area contributed by atoms with Crippen molar-refractivity contribution in [1.29, 1.82) is 0 Å². The molecule has 290 valence electrons. The van der Waals surface area contributed by atoms with Gasteiger partial charge in [-0.1, -0.05) is 76.2 Å². The van der Waals surface area contributed by atoms with E-state index in [1.165, 1.54) is 24.0 Å². The molecule has 2 rings (SSSR count). The predicted octanol–water partition coefficient (Wildman–Crippen LogP) is 6.07. The molecule has 3 amide bonds. The van der Waals surface area contributed by atoms with Gasteiger partial charge >= 0.3 is 35.2 Å². The van der Waals surface area contributed by atoms with Crippen LogP contribution in [0.25, 0.3) is 0 Å². The summed E-state index contributed by atoms with van der Waals surface area (Å²) < 4.78 is 12.7. The van der Waals surface area contributed by atoms with Gasteiger partial charge in [-0.2, -0.15) is 30.3 Å². The molecule has 0 saturated carbocycles. The first-order valence-electron chi connectivity index (χ1n) is 16.5. The number of hydrogen-bond acceptors (Lipinski definition) is 7. The largest absolute Gasteiger partial charge is 2.00 e. The molecule has 2 aromatic carbocycles. The molecule has 0 spiro atoms. The second-order valence-corrected chi connectivity index (χ2v) is 16.4. The molecule has 0 aromatic heterocycles. The summed E-state index contributed by atoms with van der Waals surface area (Å²) in [7, 11) is 6.14. The summed E-state index contributed by atoms with van der Waals surface area (Å²) in [4.78, 5) is 57.2. The van der Waals surface area contributed by atoms with Gasteiger partial charge in [0.05, 0.1) is 13.2 Å². The number of carbonyl (C=O) groups is 4. The smallest absolute Gasteiger partial charge is 1.00 e. The van der Waals surface area contributed by atoms with Crippen LogP contribution in [0, 0.1) is 17.9 Å². The average molecular weight is 933 g/mol. The maximum atomic E-state index is 12.8. The SMILES string of the molecule is Brc1cc[c-]cc1.CC(C)C[C@@H](C(=O)c1ccc(Br)cc1)N(C)C(=O)OC(C)(C)C.CON(C)C(=O)[C@H](CC(C)C)N(C)C(=O)OC(C)(C)C.[Br-].[Mg+2]. The number of rotatable bonds is 10. The van der Waals surface area contributed by atoms with E-state index in [9.17, 15) is 19.2 Å². The van der Waals surface area contributed by atoms with Crippen LogP contribution in [0.15, 0.2) is 57.5 Å². The summed E-state index contributed by atoms with van der Waals surface area (Å²) >= 11 is 6.65. The van der Waals surface area contributed by atoms with E-state index in [1.807, 2.05) is 84.9 Å². The fraction of sp³-hybridized carbons (Fsp3) is 0.579. The molecule has 0 unspecified atom stereocenters. The molecule has 0 aliphatic rings. The Labute approximate surface area is 356 Å². The van der Waals surface area contributed by atoms with E-state index in [-0.39, 0.29) is 63.6 Å². The van der Waals surface area contributed by atoms with Crippen molar-refractivity contribution in [3.05, 3.63) is 69.1 Å². The Bertz CT molecular complexity index is 1340. The molecule has 10 nitrogen and oxygen atoms in total. The van der Waals surface area contributed by atoms with E-state index >= 15 is 0 Å². The average Bonchev–Trinajstić information content (AvgIpc) is 3.00. The van der Waals surface area contributed by atoms with E-state index in [4.69, 9.17) is 14.3 Å². The van der Waals surface area contributed by atoms with Gasteiger partial charge in [0.1, 0.15) is 17.2 Å². The third-order valence-corrected chi connectivity index (χ3v) is 7.72. The molecular weight excluding hydrogens is 874 g/mol. The molecule has 0 radical (unpaired) electrons. The summed E-state index contributed by atoms with van der Waals surface area (Å²) in [5.74, 6) is 0.206. The quantitative estimate of drug-likeness (QED) is 0.123. The Balaban J connectivity index is -0.000000756. The maximum Gasteiger partial charge on any atom is 2.00 e. The minimum Gasteiger partial charge on any atom is -1.00 e. The maximum absolute atomic E-state index is 12.8. The summed E-state index contributed by atoms with van der Waals surface area (Å²) in [6, 6.07) is 16.6. The number of hydrogen-bond donors (Lipinski definition) is 0. The summed E-state index contributed by atoms with van der Waals surface area (Å²) in [5, 5.41) is 1.13. The Morgan fingerprint density at radius 2 is 1.06 bits per heavy atom. The van der Waals surface area contributed by atoms with E-state index in [1.54, 1.807) is 47.0 Å². The Morgan fingerprint density at radius 1 is 0.692 bits per heavy atom. The van der Waals surface area contributed by atoms with Crippen molar-refractivity contribution in [1.82, 2.24) is 14.9 Å². The minimum absolute atomic E-state index is 0. The molecule has 0 heterocycles. The number of benzene rings is 2. The molecule has 0 N–H and O–H groups in total. The number of hydroxylamine groups is 2. The van der Waals surface area contributed by atoms with Crippen molar-refractivity contribution in [2.45, 2.75) is 105 Å². The van der Waals surface area contributed by atoms with Gasteiger partial charge in [-0.15, -0.1) is 0 Å². The van der Waals surface area contributed by atoms with Gasteiger partial charge in [-0.25, -0.2) is 14.7 Å². The molecule has 0 saturated heterocycles. The van der Waals surface area contributed by atoms with Crippen molar-refractivity contribution in [2.24, 2.45) is 11.8 Å². The van der Waals surface area contributed by atoms with E-state index in [0.717, 1.165) is 14.0 Å². The van der Waals surface area contributed by atoms with Gasteiger partial charge in [0.25, 0.3) is 5.91 Å². The Morgan fingerprint density at radius 3 is 1.38 bits per heavy atom. The van der Waals surface area contributed by atoms with Crippen LogP contribution in [0.2, 0.25) is 0 Å². The standard InChI is InChI=1S/C18H26BrNO3.C14H28N2O4.C6H4Br.BrH.Mg/c1-12(2)11-15(20(6)17(22)23-18(3,4)5)16(21)13-7-9-14(19)10-8-13;1-10(2)9-11(12(17)16(7)19-8)15(6)13(18)20-14(3,4)5;7-6-4-2-1-3-5-6;;/h7-10,12,15H,11H2,1-6H3;10-11H,9H2,1-8H3;2-5H;1H;/q;;-1;;+2/p-1/t15-;11-;;;/m00.../s1. The summed E-state index contributed by atoms with van der Waals surface area (Å²) in [5.41, 5.74) is -0.590. The first-order valence-corrected chi connectivity index (χ1v) is 18.1. The number of ketones is 1. The van der Waals surface area contributed by atoms with Gasteiger partial charge in [-0.3, -0.25) is 19.3 Å². The number of likely N-dealkylation sites (N-methyl/N-ethyl adjacent to an activating group) is 3. The van der Waals surface area contributed by atoms with Gasteiger partial charge in [0.15, 0.2) is 5.78 Å². The monoisotopic (exact) mass is 929 g/mol. The number of carbonyl (C=O) groups excluding carboxylic acids is 4. The zero-order valence-electron chi connectivity index (χ0n) is 33.4. The molecule has 0 aliphatic carbocycles. The van der Waals surface area contributed by atoms with Gasteiger partial charge in [-0.05, 0) is 78.4 Å². The van der Waals surface area contributed by atoms with Crippen LogP contribution >= 0.6 is 31.9 Å². The first kappa shape index (κ1) is 54.6. The second-order valence-electron chi connectivity index (χ2n) is 14.6. The zero-order valence-corrected chi connectivity index (χ0v) is 39.6. The van der Waals surface area contributed by atoms with Crippen LogP contribution in [-0.2, 0) is 19.1 Å². The number of halogens is 3. The van der Waals surface area contributed by atoms with Gasteiger partial charge in [0, 0.05) is 31.2 Å². The third-order valence-electron chi connectivity index (χ3n) is 6.67. The van der Waals surface area contributed by atoms with E-state index in [0.29, 0.717) is 18.4 Å². The van der Waals surface area contributed by atoms with Crippen LogP contribution in [0.4, 0.5) is 9.59 Å². The van der Waals surface area contributed by atoms with E-state index < -0.39 is 35.5 Å². The summed E-state index contributed by atoms with van der Waals surface area (Å²) in [6.07, 6.45) is 0.141. The van der Waals surface area contributed by atoms with Crippen molar-refractivity contribution in [3.63, 3.8) is 0 Å². The third kappa shape index (κ3) is 23.2. The molecule has 0 fully saturated rings. The van der Waals surface area contributed by atoms with Crippen LogP contribution in [0.5, 0.6) is 0 Å². The van der Waals surface area contributed by atoms with Crippen LogP contribution < -0.4 is 17.0 Å². The van der Waals surface area contributed by atoms with Crippen LogP contribution in [0.1, 0.15) is 92.4 Å². The molecule has 14 heteroatoms. The molecular formula is C38H58Br3MgN3O7. The minimum atomic E-state index is -0.602. The molecule has 0 aliphatic heterocycles. The molecule has 52 heavy (non-hydrogen) atoms. The van der Waals surface area contributed by atoms with Crippen molar-refractivity contribution < 1.29 is 50.5 Å². The van der Waals surface area contributed by atoms with E-state index in [2.05, 4.69) is 37.9 Å². The second kappa shape index (κ2) is 26.2. The van der Waals surface area contributed by atoms with Crippen molar-refractivity contribution in [3.8, 4) is 0 Å². The van der Waals surface area contributed by atoms with Gasteiger partial charge in [0.2, 0.25) is 0 Å².